The largest absolute Gasteiger partial charge is 0.381 e. The summed E-state index contributed by atoms with van der Waals surface area (Å²) in [6, 6.07) is 0. The molecule has 17 heavy (non-hydrogen) atoms. The molecular weight excluding hydrogens is 238 g/mol. The third-order valence-corrected chi connectivity index (χ3v) is 3.82. The van der Waals surface area contributed by atoms with Gasteiger partial charge in [0.05, 0.1) is 16.4 Å². The number of hydrogen-bond donors (Lipinski definition) is 1. The molecule has 2 heterocycles. The van der Waals surface area contributed by atoms with Crippen LogP contribution in [-0.4, -0.2) is 29.5 Å². The molecule has 5 heteroatoms. The van der Waals surface area contributed by atoms with E-state index in [0.29, 0.717) is 0 Å². The fraction of sp³-hybridized carbons (Fsp3) is 0.750. The number of hydrogen-bond acceptors (Lipinski definition) is 3. The monoisotopic (exact) mass is 257 g/mol. The van der Waals surface area contributed by atoms with E-state index in [1.54, 1.807) is 0 Å². The van der Waals surface area contributed by atoms with Crippen molar-refractivity contribution in [1.29, 1.82) is 0 Å². The lowest BCUT2D eigenvalue weighted by Crippen LogP contribution is -2.28. The Kier molecular flexibility index (Phi) is 4.42. The SMILES string of the molecule is Cc1nn(C)c(CNCC2CCOCC2)c1Cl. The highest BCUT2D eigenvalue weighted by Crippen LogP contribution is 2.19. The molecule has 1 aliphatic rings. The molecule has 2 rings (SSSR count). The van der Waals surface area contributed by atoms with E-state index >= 15 is 0 Å². The van der Waals surface area contributed by atoms with Crippen LogP contribution in [0.5, 0.6) is 0 Å². The molecule has 1 saturated heterocycles. The highest BCUT2D eigenvalue weighted by Gasteiger charge is 2.14. The van der Waals surface area contributed by atoms with E-state index in [-0.39, 0.29) is 0 Å². The van der Waals surface area contributed by atoms with Gasteiger partial charge in [-0.1, -0.05) is 11.6 Å². The zero-order valence-electron chi connectivity index (χ0n) is 10.5. The van der Waals surface area contributed by atoms with Crippen LogP contribution in [0, 0.1) is 12.8 Å². The van der Waals surface area contributed by atoms with Crippen LogP contribution in [0.25, 0.3) is 0 Å². The maximum atomic E-state index is 6.19. The van der Waals surface area contributed by atoms with Gasteiger partial charge in [0.2, 0.25) is 0 Å². The minimum atomic E-state index is 0.733. The molecule has 1 aromatic rings. The molecule has 1 fully saturated rings. The van der Waals surface area contributed by atoms with Gasteiger partial charge in [0, 0.05) is 26.8 Å². The molecule has 0 aromatic carbocycles. The Labute approximate surface area is 107 Å². The summed E-state index contributed by atoms with van der Waals surface area (Å²) in [6.45, 7) is 5.55. The zero-order valence-corrected chi connectivity index (χ0v) is 11.3. The van der Waals surface area contributed by atoms with Gasteiger partial charge >= 0.3 is 0 Å². The average molecular weight is 258 g/mol. The fourth-order valence-corrected chi connectivity index (χ4v) is 2.44. The lowest BCUT2D eigenvalue weighted by Gasteiger charge is -2.22. The Hall–Kier alpha value is -0.580. The lowest BCUT2D eigenvalue weighted by molar-refractivity contribution is 0.0662. The number of aryl methyl sites for hydroxylation is 2. The lowest BCUT2D eigenvalue weighted by atomic mass is 10.0. The molecule has 0 aliphatic carbocycles. The van der Waals surface area contributed by atoms with E-state index in [9.17, 15) is 0 Å². The number of ether oxygens (including phenoxy) is 1. The van der Waals surface area contributed by atoms with Crippen LogP contribution < -0.4 is 5.32 Å². The quantitative estimate of drug-likeness (QED) is 0.896. The van der Waals surface area contributed by atoms with E-state index in [1.807, 2.05) is 18.7 Å². The molecule has 1 N–H and O–H groups in total. The van der Waals surface area contributed by atoms with Gasteiger partial charge < -0.3 is 10.1 Å². The Morgan fingerprint density at radius 1 is 1.47 bits per heavy atom. The third kappa shape index (κ3) is 3.21. The van der Waals surface area contributed by atoms with E-state index < -0.39 is 0 Å². The second-order valence-corrected chi connectivity index (χ2v) is 5.03. The summed E-state index contributed by atoms with van der Waals surface area (Å²) in [7, 11) is 1.93. The van der Waals surface area contributed by atoms with Gasteiger partial charge in [-0.15, -0.1) is 0 Å². The first-order valence-corrected chi connectivity index (χ1v) is 6.52. The maximum Gasteiger partial charge on any atom is 0.0860 e. The molecular formula is C12H20ClN3O. The van der Waals surface area contributed by atoms with Crippen LogP contribution in [0.3, 0.4) is 0 Å². The van der Waals surface area contributed by atoms with Gasteiger partial charge in [-0.3, -0.25) is 4.68 Å². The summed E-state index contributed by atoms with van der Waals surface area (Å²) in [5, 5.41) is 8.55. The normalized spacial score (nSPS) is 17.6. The molecule has 0 saturated carbocycles. The molecule has 1 aliphatic heterocycles. The summed E-state index contributed by atoms with van der Waals surface area (Å²) >= 11 is 6.19. The van der Waals surface area contributed by atoms with Gasteiger partial charge in [0.25, 0.3) is 0 Å². The minimum Gasteiger partial charge on any atom is -0.381 e. The van der Waals surface area contributed by atoms with Crippen molar-refractivity contribution >= 4 is 11.6 Å². The number of halogens is 1. The topological polar surface area (TPSA) is 39.1 Å². The molecule has 1 aromatic heterocycles. The van der Waals surface area contributed by atoms with Crippen molar-refractivity contribution in [2.75, 3.05) is 19.8 Å². The van der Waals surface area contributed by atoms with Crippen molar-refractivity contribution < 1.29 is 4.74 Å². The predicted octanol–water partition coefficient (Wildman–Crippen LogP) is 1.90. The van der Waals surface area contributed by atoms with Crippen LogP contribution in [0.2, 0.25) is 5.02 Å². The van der Waals surface area contributed by atoms with E-state index in [0.717, 1.165) is 61.5 Å². The summed E-state index contributed by atoms with van der Waals surface area (Å²) in [4.78, 5) is 0. The minimum absolute atomic E-state index is 0.733. The van der Waals surface area contributed by atoms with Crippen molar-refractivity contribution in [3.8, 4) is 0 Å². The smallest absolute Gasteiger partial charge is 0.0860 e. The molecule has 0 radical (unpaired) electrons. The molecule has 4 nitrogen and oxygen atoms in total. The molecule has 0 atom stereocenters. The second kappa shape index (κ2) is 5.85. The Morgan fingerprint density at radius 3 is 2.76 bits per heavy atom. The summed E-state index contributed by atoms with van der Waals surface area (Å²) in [6.07, 6.45) is 2.32. The fourth-order valence-electron chi connectivity index (χ4n) is 2.22. The summed E-state index contributed by atoms with van der Waals surface area (Å²) < 4.78 is 7.20. The standard InChI is InChI=1S/C12H20ClN3O/c1-9-12(13)11(16(2)15-9)8-14-7-10-3-5-17-6-4-10/h10,14H,3-8H2,1-2H3. The first-order valence-electron chi connectivity index (χ1n) is 6.15. The third-order valence-electron chi connectivity index (χ3n) is 3.33. The van der Waals surface area contributed by atoms with E-state index in [1.165, 1.54) is 0 Å². The van der Waals surface area contributed by atoms with Gasteiger partial charge in [-0.25, -0.2) is 0 Å². The molecule has 0 bridgehead atoms. The Bertz CT molecular complexity index is 372. The van der Waals surface area contributed by atoms with Crippen molar-refractivity contribution in [2.45, 2.75) is 26.3 Å². The van der Waals surface area contributed by atoms with Crippen LogP contribution in [0.15, 0.2) is 0 Å². The van der Waals surface area contributed by atoms with Gasteiger partial charge in [-0.05, 0) is 32.2 Å². The van der Waals surface area contributed by atoms with Gasteiger partial charge in [0.15, 0.2) is 0 Å². The number of nitrogens with one attached hydrogen (secondary N) is 1. The average Bonchev–Trinajstić information content (AvgIpc) is 2.57. The van der Waals surface area contributed by atoms with Crippen LogP contribution in [-0.2, 0) is 18.3 Å². The predicted molar refractivity (Wildman–Crippen MR) is 68.2 cm³/mol. The summed E-state index contributed by atoms with van der Waals surface area (Å²) in [5.74, 6) is 0.733. The van der Waals surface area contributed by atoms with Gasteiger partial charge in [-0.2, -0.15) is 5.10 Å². The Balaban J connectivity index is 1.81. The van der Waals surface area contributed by atoms with Crippen LogP contribution in [0.1, 0.15) is 24.2 Å². The zero-order chi connectivity index (χ0) is 12.3. The van der Waals surface area contributed by atoms with Gasteiger partial charge in [0.1, 0.15) is 0 Å². The maximum absolute atomic E-state index is 6.19. The number of nitrogens with zero attached hydrogens (tertiary/aromatic N) is 2. The van der Waals surface area contributed by atoms with Crippen molar-refractivity contribution in [1.82, 2.24) is 15.1 Å². The highest BCUT2D eigenvalue weighted by molar-refractivity contribution is 6.31. The van der Waals surface area contributed by atoms with E-state index in [4.69, 9.17) is 16.3 Å². The van der Waals surface area contributed by atoms with Crippen LogP contribution in [0.4, 0.5) is 0 Å². The highest BCUT2D eigenvalue weighted by atomic mass is 35.5. The molecule has 0 spiro atoms. The van der Waals surface area contributed by atoms with Crippen molar-refractivity contribution in [3.63, 3.8) is 0 Å². The first kappa shape index (κ1) is 12.9. The van der Waals surface area contributed by atoms with E-state index in [2.05, 4.69) is 10.4 Å². The molecule has 0 amide bonds. The summed E-state index contributed by atoms with van der Waals surface area (Å²) in [5.41, 5.74) is 1.97. The number of rotatable bonds is 4. The second-order valence-electron chi connectivity index (χ2n) is 4.66. The van der Waals surface area contributed by atoms with Crippen molar-refractivity contribution in [2.24, 2.45) is 13.0 Å². The first-order chi connectivity index (χ1) is 8.18. The molecule has 96 valence electrons. The van der Waals surface area contributed by atoms with Crippen LogP contribution >= 0.6 is 11.6 Å². The number of aromatic nitrogens is 2. The van der Waals surface area contributed by atoms with Crippen molar-refractivity contribution in [3.05, 3.63) is 16.4 Å². The molecule has 0 unspecified atom stereocenters. The Morgan fingerprint density at radius 2 is 2.18 bits per heavy atom.